The predicted molar refractivity (Wildman–Crippen MR) is 58.3 cm³/mol. The molecule has 2 aliphatic rings. The molecule has 2 fully saturated rings. The van der Waals surface area contributed by atoms with Gasteiger partial charge in [-0.05, 0) is 0 Å². The lowest BCUT2D eigenvalue weighted by Gasteiger charge is -2.35. The van der Waals surface area contributed by atoms with Crippen LogP contribution in [-0.2, 0) is 9.84 Å². The zero-order chi connectivity index (χ0) is 10.0. The highest BCUT2D eigenvalue weighted by Gasteiger charge is 2.34. The monoisotopic (exact) mass is 235 g/mol. The van der Waals surface area contributed by atoms with Crippen molar-refractivity contribution in [3.63, 3.8) is 0 Å². The van der Waals surface area contributed by atoms with Gasteiger partial charge in [-0.25, -0.2) is 13.7 Å². The SMILES string of the molecule is O=S1(=O)CC[N]CC1N1CCSCC1. The van der Waals surface area contributed by atoms with Crippen LogP contribution in [0.25, 0.3) is 0 Å². The fraction of sp³-hybridized carbons (Fsp3) is 1.00. The summed E-state index contributed by atoms with van der Waals surface area (Å²) in [4.78, 5) is 2.08. The van der Waals surface area contributed by atoms with E-state index in [9.17, 15) is 8.42 Å². The summed E-state index contributed by atoms with van der Waals surface area (Å²) in [5, 5.41) is 3.88. The van der Waals surface area contributed by atoms with Crippen LogP contribution in [0.2, 0.25) is 0 Å². The van der Waals surface area contributed by atoms with Crippen LogP contribution in [0.15, 0.2) is 0 Å². The summed E-state index contributed by atoms with van der Waals surface area (Å²) < 4.78 is 23.5. The molecule has 0 aromatic heterocycles. The Hall–Kier alpha value is 0.220. The van der Waals surface area contributed by atoms with Crippen LogP contribution in [0.4, 0.5) is 0 Å². The number of sulfone groups is 1. The van der Waals surface area contributed by atoms with E-state index in [1.165, 1.54) is 0 Å². The first-order valence-electron chi connectivity index (χ1n) is 4.87. The molecule has 6 heteroatoms. The lowest BCUT2D eigenvalue weighted by atomic mass is 10.4. The van der Waals surface area contributed by atoms with E-state index in [-0.39, 0.29) is 11.1 Å². The maximum atomic E-state index is 11.8. The normalized spacial score (nSPS) is 34.1. The Balaban J connectivity index is 2.07. The molecule has 0 bridgehead atoms. The van der Waals surface area contributed by atoms with E-state index in [1.54, 1.807) is 0 Å². The molecular formula is C8H15N2O2S2. The van der Waals surface area contributed by atoms with E-state index in [0.717, 1.165) is 24.6 Å². The minimum absolute atomic E-state index is 0.237. The van der Waals surface area contributed by atoms with Crippen LogP contribution in [0.5, 0.6) is 0 Å². The number of nitrogens with zero attached hydrogens (tertiary/aromatic N) is 2. The van der Waals surface area contributed by atoms with Crippen molar-refractivity contribution in [2.45, 2.75) is 5.37 Å². The van der Waals surface area contributed by atoms with Gasteiger partial charge in [-0.1, -0.05) is 0 Å². The summed E-state index contributed by atoms with van der Waals surface area (Å²) in [5.74, 6) is 2.33. The van der Waals surface area contributed by atoms with Crippen molar-refractivity contribution in [2.24, 2.45) is 0 Å². The fourth-order valence-corrected chi connectivity index (χ4v) is 4.44. The fourth-order valence-electron chi connectivity index (χ4n) is 1.85. The van der Waals surface area contributed by atoms with Crippen molar-refractivity contribution in [3.8, 4) is 0 Å². The van der Waals surface area contributed by atoms with Gasteiger partial charge in [-0.15, -0.1) is 0 Å². The molecule has 4 nitrogen and oxygen atoms in total. The summed E-state index contributed by atoms with van der Waals surface area (Å²) in [5.41, 5.74) is 0. The minimum atomic E-state index is -2.90. The van der Waals surface area contributed by atoms with Gasteiger partial charge in [0.05, 0.1) is 5.75 Å². The molecule has 0 aliphatic carbocycles. The van der Waals surface area contributed by atoms with Gasteiger partial charge < -0.3 is 0 Å². The lowest BCUT2D eigenvalue weighted by molar-refractivity contribution is 0.260. The van der Waals surface area contributed by atoms with E-state index in [0.29, 0.717) is 13.1 Å². The van der Waals surface area contributed by atoms with Crippen molar-refractivity contribution in [1.29, 1.82) is 0 Å². The molecule has 2 heterocycles. The quantitative estimate of drug-likeness (QED) is 0.609. The third kappa shape index (κ3) is 2.24. The highest BCUT2D eigenvalue weighted by molar-refractivity contribution is 7.99. The van der Waals surface area contributed by atoms with Crippen LogP contribution >= 0.6 is 11.8 Å². The van der Waals surface area contributed by atoms with Crippen molar-refractivity contribution in [3.05, 3.63) is 0 Å². The number of rotatable bonds is 1. The Morgan fingerprint density at radius 1 is 1.29 bits per heavy atom. The largest absolute Gasteiger partial charge is 0.285 e. The molecule has 0 amide bonds. The molecule has 0 aromatic carbocycles. The third-order valence-electron chi connectivity index (χ3n) is 2.69. The second-order valence-electron chi connectivity index (χ2n) is 3.60. The number of hydrogen-bond acceptors (Lipinski definition) is 4. The first kappa shape index (κ1) is 10.7. The molecule has 0 N–H and O–H groups in total. The second-order valence-corrected chi connectivity index (χ2v) is 7.10. The first-order chi connectivity index (χ1) is 6.70. The molecule has 0 saturated carbocycles. The maximum Gasteiger partial charge on any atom is 0.169 e. The van der Waals surface area contributed by atoms with Gasteiger partial charge in [0.25, 0.3) is 0 Å². The van der Waals surface area contributed by atoms with E-state index in [1.807, 2.05) is 11.8 Å². The predicted octanol–water partition coefficient (Wildman–Crippen LogP) is -0.606. The third-order valence-corrected chi connectivity index (χ3v) is 5.66. The Kier molecular flexibility index (Phi) is 3.36. The molecule has 1 radical (unpaired) electrons. The molecule has 2 saturated heterocycles. The smallest absolute Gasteiger partial charge is 0.169 e. The highest BCUT2D eigenvalue weighted by Crippen LogP contribution is 2.17. The standard InChI is InChI=1S/C8H15N2O2S2/c11-14(12)6-1-9-7-8(14)10-2-4-13-5-3-10/h8H,1-7H2. The van der Waals surface area contributed by atoms with Crippen molar-refractivity contribution >= 4 is 21.6 Å². The molecule has 2 aliphatic heterocycles. The average Bonchev–Trinajstić information content (AvgIpc) is 2.18. The van der Waals surface area contributed by atoms with Crippen LogP contribution in [0.3, 0.4) is 0 Å². The van der Waals surface area contributed by atoms with Crippen molar-refractivity contribution in [2.75, 3.05) is 43.4 Å². The lowest BCUT2D eigenvalue weighted by Crippen LogP contribution is -2.53. The average molecular weight is 235 g/mol. The molecule has 2 rings (SSSR count). The Bertz CT molecular complexity index is 286. The number of thioether (sulfide) groups is 1. The summed E-state index contributed by atoms with van der Waals surface area (Å²) in [6.07, 6.45) is 0. The zero-order valence-corrected chi connectivity index (χ0v) is 9.69. The Morgan fingerprint density at radius 2 is 2.00 bits per heavy atom. The van der Waals surface area contributed by atoms with Crippen molar-refractivity contribution < 1.29 is 8.42 Å². The summed E-state index contributed by atoms with van der Waals surface area (Å²) >= 11 is 1.90. The van der Waals surface area contributed by atoms with Gasteiger partial charge in [-0.2, -0.15) is 11.8 Å². The molecule has 0 aromatic rings. The molecule has 1 unspecified atom stereocenters. The van der Waals surface area contributed by atoms with Crippen LogP contribution in [0.1, 0.15) is 0 Å². The Labute approximate surface area is 89.3 Å². The van der Waals surface area contributed by atoms with Gasteiger partial charge in [0, 0.05) is 37.7 Å². The van der Waals surface area contributed by atoms with Crippen LogP contribution in [-0.4, -0.2) is 62.1 Å². The van der Waals surface area contributed by atoms with Crippen LogP contribution in [0, 0.1) is 0 Å². The van der Waals surface area contributed by atoms with E-state index in [2.05, 4.69) is 10.2 Å². The summed E-state index contributed by atoms with van der Waals surface area (Å²) in [6, 6.07) is 0. The van der Waals surface area contributed by atoms with Gasteiger partial charge >= 0.3 is 0 Å². The number of hydrogen-bond donors (Lipinski definition) is 0. The van der Waals surface area contributed by atoms with Crippen LogP contribution < -0.4 is 5.32 Å². The second kappa shape index (κ2) is 4.38. The molecule has 14 heavy (non-hydrogen) atoms. The molecule has 0 spiro atoms. The topological polar surface area (TPSA) is 51.5 Å². The van der Waals surface area contributed by atoms with Gasteiger partial charge in [0.15, 0.2) is 9.84 Å². The summed E-state index contributed by atoms with van der Waals surface area (Å²) in [7, 11) is -2.90. The van der Waals surface area contributed by atoms with E-state index >= 15 is 0 Å². The van der Waals surface area contributed by atoms with Gasteiger partial charge in [0.2, 0.25) is 0 Å². The highest BCUT2D eigenvalue weighted by atomic mass is 32.2. The first-order valence-corrected chi connectivity index (χ1v) is 7.74. The van der Waals surface area contributed by atoms with Gasteiger partial charge in [-0.3, -0.25) is 4.90 Å². The Morgan fingerprint density at radius 3 is 2.64 bits per heavy atom. The molecule has 1 atom stereocenters. The van der Waals surface area contributed by atoms with Crippen molar-refractivity contribution in [1.82, 2.24) is 10.2 Å². The van der Waals surface area contributed by atoms with E-state index < -0.39 is 9.84 Å². The molecular weight excluding hydrogens is 220 g/mol. The minimum Gasteiger partial charge on any atom is -0.285 e. The summed E-state index contributed by atoms with van der Waals surface area (Å²) in [6.45, 7) is 2.75. The zero-order valence-electron chi connectivity index (χ0n) is 8.05. The maximum absolute atomic E-state index is 11.8. The van der Waals surface area contributed by atoms with E-state index in [4.69, 9.17) is 0 Å². The van der Waals surface area contributed by atoms with Gasteiger partial charge in [0.1, 0.15) is 5.37 Å². The molecule has 81 valence electrons.